The number of aliphatic hydroxyl groups is 2. The van der Waals surface area contributed by atoms with Gasteiger partial charge in [-0.15, -0.1) is 0 Å². The Morgan fingerprint density at radius 1 is 1.20 bits per heavy atom. The first-order chi connectivity index (χ1) is 6.96. The van der Waals surface area contributed by atoms with Crippen LogP contribution >= 0.6 is 0 Å². The van der Waals surface area contributed by atoms with Gasteiger partial charge < -0.3 is 14.6 Å². The van der Waals surface area contributed by atoms with Crippen LogP contribution in [-0.2, 0) is 13.2 Å². The van der Waals surface area contributed by atoms with Crippen molar-refractivity contribution in [2.75, 3.05) is 0 Å². The van der Waals surface area contributed by atoms with Gasteiger partial charge in [0.25, 0.3) is 0 Å². The number of aliphatic hydroxyl groups excluding tert-OH is 2. The van der Waals surface area contributed by atoms with Gasteiger partial charge in [-0.05, 0) is 31.8 Å². The first-order valence-electron chi connectivity index (χ1n) is 4.86. The molecule has 0 spiro atoms. The molecule has 4 nitrogen and oxygen atoms in total. The van der Waals surface area contributed by atoms with Crippen LogP contribution in [0.2, 0.25) is 19.6 Å². The van der Waals surface area contributed by atoms with E-state index in [-0.39, 0.29) is 13.2 Å². The molecule has 0 atom stereocenters. The van der Waals surface area contributed by atoms with E-state index < -0.39 is 8.32 Å². The van der Waals surface area contributed by atoms with E-state index in [1.165, 1.54) is 0 Å². The van der Waals surface area contributed by atoms with Crippen LogP contribution < -0.4 is 4.43 Å². The van der Waals surface area contributed by atoms with E-state index in [9.17, 15) is 0 Å². The summed E-state index contributed by atoms with van der Waals surface area (Å²) in [6.45, 7) is 5.89. The van der Waals surface area contributed by atoms with E-state index in [0.717, 1.165) is 0 Å². The molecule has 0 aliphatic heterocycles. The smallest absolute Gasteiger partial charge is 0.242 e. The Hall–Kier alpha value is -0.913. The summed E-state index contributed by atoms with van der Waals surface area (Å²) in [5.41, 5.74) is 1.03. The monoisotopic (exact) mass is 227 g/mol. The number of rotatable bonds is 4. The van der Waals surface area contributed by atoms with Crippen molar-refractivity contribution >= 4 is 8.32 Å². The third-order valence-electron chi connectivity index (χ3n) is 1.72. The van der Waals surface area contributed by atoms with Crippen LogP contribution in [0, 0.1) is 0 Å². The molecule has 1 aromatic rings. The minimum absolute atomic E-state index is 0.125. The van der Waals surface area contributed by atoms with Crippen LogP contribution in [0.3, 0.4) is 0 Å². The first-order valence-corrected chi connectivity index (χ1v) is 8.26. The molecule has 0 fully saturated rings. The Bertz CT molecular complexity index is 336. The molecule has 0 aromatic carbocycles. The fourth-order valence-corrected chi connectivity index (χ4v) is 2.00. The van der Waals surface area contributed by atoms with Crippen LogP contribution in [0.5, 0.6) is 5.75 Å². The number of pyridine rings is 1. The van der Waals surface area contributed by atoms with Gasteiger partial charge in [0.1, 0.15) is 11.4 Å². The number of hydrogen-bond donors (Lipinski definition) is 2. The van der Waals surface area contributed by atoms with Crippen LogP contribution in [-0.4, -0.2) is 23.5 Å². The van der Waals surface area contributed by atoms with Gasteiger partial charge >= 0.3 is 0 Å². The zero-order valence-electron chi connectivity index (χ0n) is 9.32. The third kappa shape index (κ3) is 3.62. The predicted molar refractivity (Wildman–Crippen MR) is 60.1 cm³/mol. The SMILES string of the molecule is C[Si](C)(C)Oc1ccc(CO)nc1CO. The van der Waals surface area contributed by atoms with Crippen molar-refractivity contribution in [3.8, 4) is 5.75 Å². The van der Waals surface area contributed by atoms with Crippen molar-refractivity contribution < 1.29 is 14.6 Å². The second-order valence-electron chi connectivity index (χ2n) is 4.28. The lowest BCUT2D eigenvalue weighted by atomic mass is 10.3. The fraction of sp³-hybridized carbons (Fsp3) is 0.500. The first kappa shape index (κ1) is 12.2. The predicted octanol–water partition coefficient (Wildman–Crippen LogP) is 1.28. The quantitative estimate of drug-likeness (QED) is 0.761. The minimum Gasteiger partial charge on any atom is -0.543 e. The highest BCUT2D eigenvalue weighted by Gasteiger charge is 2.18. The summed E-state index contributed by atoms with van der Waals surface area (Å²) in [6, 6.07) is 3.46. The third-order valence-corrected chi connectivity index (χ3v) is 2.55. The topological polar surface area (TPSA) is 62.6 Å². The summed E-state index contributed by atoms with van der Waals surface area (Å²) in [4.78, 5) is 4.09. The normalized spacial score (nSPS) is 11.5. The summed E-state index contributed by atoms with van der Waals surface area (Å²) in [7, 11) is -1.69. The van der Waals surface area contributed by atoms with E-state index in [4.69, 9.17) is 14.6 Å². The lowest BCUT2D eigenvalue weighted by molar-refractivity contribution is 0.262. The summed E-state index contributed by atoms with van der Waals surface area (Å²) in [5, 5.41) is 18.0. The van der Waals surface area contributed by atoms with Gasteiger partial charge in [0.05, 0.1) is 18.9 Å². The molecule has 0 saturated heterocycles. The van der Waals surface area contributed by atoms with Gasteiger partial charge in [-0.2, -0.15) is 0 Å². The molecule has 0 saturated carbocycles. The second kappa shape index (κ2) is 4.74. The fourth-order valence-electron chi connectivity index (χ4n) is 1.16. The molecule has 0 aliphatic carbocycles. The van der Waals surface area contributed by atoms with Crippen molar-refractivity contribution in [1.29, 1.82) is 0 Å². The number of aromatic nitrogens is 1. The number of nitrogens with zero attached hydrogens (tertiary/aromatic N) is 1. The van der Waals surface area contributed by atoms with Gasteiger partial charge in [-0.25, -0.2) is 4.98 Å². The largest absolute Gasteiger partial charge is 0.543 e. The highest BCUT2D eigenvalue weighted by molar-refractivity contribution is 6.70. The zero-order chi connectivity index (χ0) is 11.5. The van der Waals surface area contributed by atoms with Crippen molar-refractivity contribution in [2.45, 2.75) is 32.9 Å². The van der Waals surface area contributed by atoms with Crippen molar-refractivity contribution in [1.82, 2.24) is 4.98 Å². The van der Waals surface area contributed by atoms with Crippen LogP contribution in [0.25, 0.3) is 0 Å². The Balaban J connectivity index is 2.97. The molecule has 0 unspecified atom stereocenters. The van der Waals surface area contributed by atoms with Crippen molar-refractivity contribution in [2.24, 2.45) is 0 Å². The lowest BCUT2D eigenvalue weighted by Gasteiger charge is -2.20. The standard InChI is InChI=1S/C10H17NO3Si/c1-15(2,3)14-10-5-4-8(6-12)11-9(10)7-13/h4-5,12-13H,6-7H2,1-3H3. The van der Waals surface area contributed by atoms with Crippen molar-refractivity contribution in [3.05, 3.63) is 23.5 Å². The molecule has 0 radical (unpaired) electrons. The summed E-state index contributed by atoms with van der Waals surface area (Å²) < 4.78 is 5.76. The minimum atomic E-state index is -1.69. The number of hydrogen-bond acceptors (Lipinski definition) is 4. The highest BCUT2D eigenvalue weighted by Crippen LogP contribution is 2.20. The van der Waals surface area contributed by atoms with Gasteiger partial charge in [0, 0.05) is 0 Å². The molecule has 1 rings (SSSR count). The van der Waals surface area contributed by atoms with Crippen LogP contribution in [0.4, 0.5) is 0 Å². The average molecular weight is 227 g/mol. The highest BCUT2D eigenvalue weighted by atomic mass is 28.4. The van der Waals surface area contributed by atoms with E-state index in [0.29, 0.717) is 17.1 Å². The van der Waals surface area contributed by atoms with E-state index in [1.54, 1.807) is 12.1 Å². The molecule has 1 aromatic heterocycles. The van der Waals surface area contributed by atoms with Crippen molar-refractivity contribution in [3.63, 3.8) is 0 Å². The van der Waals surface area contributed by atoms with Gasteiger partial charge in [-0.3, -0.25) is 0 Å². The Morgan fingerprint density at radius 3 is 2.33 bits per heavy atom. The second-order valence-corrected chi connectivity index (χ2v) is 8.71. The van der Waals surface area contributed by atoms with E-state index in [1.807, 2.05) is 0 Å². The maximum absolute atomic E-state index is 9.13. The maximum Gasteiger partial charge on any atom is 0.242 e. The summed E-state index contributed by atoms with van der Waals surface area (Å²) in [5.74, 6) is 0.619. The molecular formula is C10H17NO3Si. The van der Waals surface area contributed by atoms with Crippen LogP contribution in [0.15, 0.2) is 12.1 Å². The molecule has 15 heavy (non-hydrogen) atoms. The summed E-state index contributed by atoms with van der Waals surface area (Å²) in [6.07, 6.45) is 0. The molecular weight excluding hydrogens is 210 g/mol. The molecule has 0 aliphatic rings. The van der Waals surface area contributed by atoms with E-state index in [2.05, 4.69) is 24.6 Å². The Kier molecular flexibility index (Phi) is 3.84. The van der Waals surface area contributed by atoms with Gasteiger partial charge in [0.15, 0.2) is 0 Å². The van der Waals surface area contributed by atoms with Crippen LogP contribution in [0.1, 0.15) is 11.4 Å². The van der Waals surface area contributed by atoms with Gasteiger partial charge in [-0.1, -0.05) is 0 Å². The molecule has 84 valence electrons. The molecule has 1 heterocycles. The Labute approximate surface area is 90.7 Å². The molecule has 5 heteroatoms. The zero-order valence-corrected chi connectivity index (χ0v) is 10.3. The maximum atomic E-state index is 9.13. The van der Waals surface area contributed by atoms with Gasteiger partial charge in [0.2, 0.25) is 8.32 Å². The Morgan fingerprint density at radius 2 is 1.87 bits per heavy atom. The summed E-state index contributed by atoms with van der Waals surface area (Å²) >= 11 is 0. The van der Waals surface area contributed by atoms with E-state index >= 15 is 0 Å². The lowest BCUT2D eigenvalue weighted by Crippen LogP contribution is -2.30. The molecule has 0 amide bonds. The molecule has 0 bridgehead atoms. The average Bonchev–Trinajstić information content (AvgIpc) is 2.16. The molecule has 2 N–H and O–H groups in total.